The maximum Gasteiger partial charge on any atom is 0.279 e. The Bertz CT molecular complexity index is 947. The van der Waals surface area contributed by atoms with Gasteiger partial charge in [0.15, 0.2) is 6.54 Å². The number of aromatic nitrogens is 1. The van der Waals surface area contributed by atoms with Gasteiger partial charge >= 0.3 is 0 Å². The molecule has 0 aliphatic heterocycles. The highest BCUT2D eigenvalue weighted by Crippen LogP contribution is 2.24. The first-order valence-corrected chi connectivity index (χ1v) is 10.5. The zero-order valence-corrected chi connectivity index (χ0v) is 17.8. The average molecular weight is 395 g/mol. The number of hydrogen-bond acceptors (Lipinski definition) is 3. The second kappa shape index (κ2) is 9.13. The number of hydrogen-bond donors (Lipinski definition) is 2. The molecule has 1 amide bonds. The van der Waals surface area contributed by atoms with Gasteiger partial charge in [0.05, 0.1) is 7.05 Å². The monoisotopic (exact) mass is 394 g/mol. The Labute approximate surface area is 171 Å². The number of anilines is 1. The normalized spacial score (nSPS) is 12.0. The zero-order chi connectivity index (χ0) is 20.1. The van der Waals surface area contributed by atoms with Gasteiger partial charge in [0, 0.05) is 16.6 Å². The molecule has 0 saturated heterocycles. The summed E-state index contributed by atoms with van der Waals surface area (Å²) < 4.78 is 0. The van der Waals surface area contributed by atoms with Crippen LogP contribution in [0.2, 0.25) is 0 Å². The van der Waals surface area contributed by atoms with Gasteiger partial charge in [-0.3, -0.25) is 4.79 Å². The lowest BCUT2D eigenvalue weighted by molar-refractivity contribution is -0.885. The van der Waals surface area contributed by atoms with E-state index in [0.29, 0.717) is 6.54 Å². The molecule has 0 radical (unpaired) electrons. The first kappa shape index (κ1) is 20.2. The summed E-state index contributed by atoms with van der Waals surface area (Å²) in [5, 5.41) is 6.16. The topological polar surface area (TPSA) is 46.4 Å². The van der Waals surface area contributed by atoms with Crippen molar-refractivity contribution >= 4 is 22.9 Å². The number of rotatable bonds is 7. The molecular formula is C23H28N3OS+. The molecule has 1 atom stereocenters. The number of amides is 1. The molecular weight excluding hydrogens is 366 g/mol. The van der Waals surface area contributed by atoms with Crippen molar-refractivity contribution in [3.8, 4) is 10.6 Å². The Kier molecular flexibility index (Phi) is 6.60. The van der Waals surface area contributed by atoms with E-state index in [4.69, 9.17) is 4.98 Å². The minimum absolute atomic E-state index is 0.0248. The Morgan fingerprint density at radius 1 is 1.14 bits per heavy atom. The van der Waals surface area contributed by atoms with Crippen LogP contribution in [0.1, 0.15) is 29.3 Å². The summed E-state index contributed by atoms with van der Waals surface area (Å²) in [6, 6.07) is 14.6. The lowest BCUT2D eigenvalue weighted by Crippen LogP contribution is -3.08. The molecule has 0 aliphatic carbocycles. The van der Waals surface area contributed by atoms with E-state index in [1.54, 1.807) is 11.3 Å². The molecule has 1 aromatic heterocycles. The summed E-state index contributed by atoms with van der Waals surface area (Å²) in [5.41, 5.74) is 6.70. The van der Waals surface area contributed by atoms with E-state index in [0.717, 1.165) is 45.4 Å². The molecule has 0 spiro atoms. The predicted molar refractivity (Wildman–Crippen MR) is 117 cm³/mol. The molecule has 0 saturated carbocycles. The Balaban J connectivity index is 1.57. The van der Waals surface area contributed by atoms with Crippen molar-refractivity contribution in [3.63, 3.8) is 0 Å². The molecule has 146 valence electrons. The lowest BCUT2D eigenvalue weighted by Gasteiger charge is -2.14. The second-order valence-electron chi connectivity index (χ2n) is 7.30. The third-order valence-corrected chi connectivity index (χ3v) is 5.93. The lowest BCUT2D eigenvalue weighted by atomic mass is 10.1. The summed E-state index contributed by atoms with van der Waals surface area (Å²) in [7, 11) is 2.03. The van der Waals surface area contributed by atoms with Crippen LogP contribution >= 0.6 is 11.3 Å². The van der Waals surface area contributed by atoms with Crippen LogP contribution in [0.4, 0.5) is 5.69 Å². The van der Waals surface area contributed by atoms with Crippen molar-refractivity contribution in [1.82, 2.24) is 4.98 Å². The predicted octanol–water partition coefficient (Wildman–Crippen LogP) is 3.64. The minimum atomic E-state index is 0.0248. The quantitative estimate of drug-likeness (QED) is 0.643. The maximum absolute atomic E-state index is 12.4. The van der Waals surface area contributed by atoms with E-state index in [1.165, 1.54) is 11.1 Å². The molecule has 4 nitrogen and oxygen atoms in total. The number of thiazole rings is 1. The van der Waals surface area contributed by atoms with Gasteiger partial charge < -0.3 is 10.2 Å². The Hall–Kier alpha value is -2.50. The van der Waals surface area contributed by atoms with Crippen molar-refractivity contribution in [2.24, 2.45) is 0 Å². The van der Waals surface area contributed by atoms with Gasteiger partial charge in [-0.25, -0.2) is 4.98 Å². The number of carbonyl (C=O) groups excluding carboxylic acids is 1. The van der Waals surface area contributed by atoms with E-state index in [1.807, 2.05) is 26.1 Å². The van der Waals surface area contributed by atoms with Gasteiger partial charge in [-0.05, 0) is 43.0 Å². The molecule has 5 heteroatoms. The fourth-order valence-corrected chi connectivity index (χ4v) is 3.96. The van der Waals surface area contributed by atoms with Gasteiger partial charge in [0.2, 0.25) is 0 Å². The molecule has 2 N–H and O–H groups in total. The van der Waals surface area contributed by atoms with Crippen LogP contribution in [0, 0.1) is 13.8 Å². The summed E-state index contributed by atoms with van der Waals surface area (Å²) in [4.78, 5) is 18.3. The number of nitrogens with zero attached hydrogens (tertiary/aromatic N) is 1. The van der Waals surface area contributed by atoms with E-state index in [2.05, 4.69) is 54.9 Å². The highest BCUT2D eigenvalue weighted by atomic mass is 32.1. The van der Waals surface area contributed by atoms with Gasteiger partial charge in [0.25, 0.3) is 5.91 Å². The second-order valence-corrected chi connectivity index (χ2v) is 8.16. The van der Waals surface area contributed by atoms with Crippen LogP contribution in [-0.2, 0) is 17.8 Å². The number of quaternary nitrogens is 1. The van der Waals surface area contributed by atoms with Crippen molar-refractivity contribution in [2.45, 2.75) is 33.7 Å². The molecule has 3 rings (SSSR count). The Morgan fingerprint density at radius 2 is 1.89 bits per heavy atom. The molecule has 0 fully saturated rings. The Morgan fingerprint density at radius 3 is 2.61 bits per heavy atom. The average Bonchev–Trinajstić information content (AvgIpc) is 3.13. The van der Waals surface area contributed by atoms with E-state index < -0.39 is 0 Å². The fraction of sp³-hybridized carbons (Fsp3) is 0.304. The van der Waals surface area contributed by atoms with Gasteiger partial charge in [0.1, 0.15) is 17.2 Å². The van der Waals surface area contributed by atoms with Gasteiger partial charge in [-0.15, -0.1) is 11.3 Å². The third-order valence-electron chi connectivity index (χ3n) is 4.98. The summed E-state index contributed by atoms with van der Waals surface area (Å²) in [6.45, 7) is 7.38. The molecule has 1 heterocycles. The van der Waals surface area contributed by atoms with Gasteiger partial charge in [-0.2, -0.15) is 0 Å². The number of benzene rings is 2. The molecule has 0 aliphatic rings. The molecule has 28 heavy (non-hydrogen) atoms. The SMILES string of the molecule is CCc1ccc(-c2nc(C[NH+](C)CC(=O)Nc3cccc(C)c3C)cs2)cc1. The highest BCUT2D eigenvalue weighted by molar-refractivity contribution is 7.13. The van der Waals surface area contributed by atoms with Crippen LogP contribution in [0.15, 0.2) is 47.8 Å². The third kappa shape index (κ3) is 5.06. The van der Waals surface area contributed by atoms with Crippen molar-refractivity contribution in [2.75, 3.05) is 18.9 Å². The van der Waals surface area contributed by atoms with Crippen LogP contribution in [0.5, 0.6) is 0 Å². The highest BCUT2D eigenvalue weighted by Gasteiger charge is 2.14. The molecule has 2 aromatic carbocycles. The van der Waals surface area contributed by atoms with Crippen LogP contribution < -0.4 is 10.2 Å². The smallest absolute Gasteiger partial charge is 0.279 e. The van der Waals surface area contributed by atoms with E-state index in [9.17, 15) is 4.79 Å². The van der Waals surface area contributed by atoms with Gasteiger partial charge in [-0.1, -0.05) is 43.3 Å². The first-order valence-electron chi connectivity index (χ1n) is 9.67. The number of carbonyl (C=O) groups is 1. The van der Waals surface area contributed by atoms with Crippen LogP contribution in [0.3, 0.4) is 0 Å². The number of nitrogens with one attached hydrogen (secondary N) is 2. The van der Waals surface area contributed by atoms with E-state index >= 15 is 0 Å². The molecule has 3 aromatic rings. The zero-order valence-electron chi connectivity index (χ0n) is 17.0. The van der Waals surface area contributed by atoms with Crippen molar-refractivity contribution in [1.29, 1.82) is 0 Å². The first-order chi connectivity index (χ1) is 13.5. The van der Waals surface area contributed by atoms with Crippen LogP contribution in [-0.4, -0.2) is 24.5 Å². The minimum Gasteiger partial charge on any atom is -0.325 e. The fourth-order valence-electron chi connectivity index (χ4n) is 3.13. The number of aryl methyl sites for hydroxylation is 2. The standard InChI is InChI=1S/C23H27N3OS/c1-5-18-9-11-19(12-10-18)23-24-20(15-28-23)13-26(4)14-22(27)25-21-8-6-7-16(2)17(21)3/h6-12,15H,5,13-14H2,1-4H3,(H,25,27)/p+1. The largest absolute Gasteiger partial charge is 0.325 e. The maximum atomic E-state index is 12.4. The number of likely N-dealkylation sites (N-methyl/N-ethyl adjacent to an activating group) is 1. The molecule has 0 bridgehead atoms. The van der Waals surface area contributed by atoms with E-state index in [-0.39, 0.29) is 5.91 Å². The van der Waals surface area contributed by atoms with Crippen molar-refractivity contribution in [3.05, 3.63) is 70.2 Å². The van der Waals surface area contributed by atoms with Crippen molar-refractivity contribution < 1.29 is 9.69 Å². The molecule has 1 unspecified atom stereocenters. The van der Waals surface area contributed by atoms with Crippen LogP contribution in [0.25, 0.3) is 10.6 Å². The summed E-state index contributed by atoms with van der Waals surface area (Å²) >= 11 is 1.66. The summed E-state index contributed by atoms with van der Waals surface area (Å²) in [6.07, 6.45) is 1.04. The summed E-state index contributed by atoms with van der Waals surface area (Å²) in [5.74, 6) is 0.0248.